The Hall–Kier alpha value is -2.81. The van der Waals surface area contributed by atoms with E-state index in [-0.39, 0.29) is 11.2 Å². The van der Waals surface area contributed by atoms with Crippen molar-refractivity contribution in [2.75, 3.05) is 63.2 Å². The lowest BCUT2D eigenvalue weighted by Crippen LogP contribution is -2.57. The van der Waals surface area contributed by atoms with Gasteiger partial charge >= 0.3 is 0 Å². The molecule has 1 aromatic heterocycles. The third-order valence-electron chi connectivity index (χ3n) is 8.76. The van der Waals surface area contributed by atoms with Crippen LogP contribution in [0, 0.1) is 0 Å². The van der Waals surface area contributed by atoms with E-state index in [1.54, 1.807) is 0 Å². The van der Waals surface area contributed by atoms with Gasteiger partial charge in [0.05, 0.1) is 24.8 Å². The van der Waals surface area contributed by atoms with Crippen LogP contribution in [0.15, 0.2) is 30.3 Å². The fraction of sp³-hybridized carbons (Fsp3) is 0.444. The number of anilines is 2. The Balaban J connectivity index is 1.34. The number of nitrogens with two attached hydrogens (primary N) is 1. The van der Waals surface area contributed by atoms with E-state index in [1.807, 2.05) is 18.2 Å². The van der Waals surface area contributed by atoms with E-state index in [0.717, 1.165) is 85.5 Å². The maximum Gasteiger partial charge on any atom is 0.195 e. The van der Waals surface area contributed by atoms with Crippen LogP contribution >= 0.6 is 0 Å². The molecule has 1 spiro atoms. The third kappa shape index (κ3) is 3.13. The number of aromatic nitrogens is 1. The largest absolute Gasteiger partial charge is 0.399 e. The molecular formula is C27H31BN4O3. The summed E-state index contributed by atoms with van der Waals surface area (Å²) in [5.41, 5.74) is 13.8. The molecule has 0 bridgehead atoms. The van der Waals surface area contributed by atoms with E-state index in [4.69, 9.17) is 15.2 Å². The van der Waals surface area contributed by atoms with Crippen molar-refractivity contribution in [2.24, 2.45) is 0 Å². The molecule has 1 aliphatic carbocycles. The average molecular weight is 470 g/mol. The number of H-pyrrole nitrogens is 1. The molecular weight excluding hydrogens is 439 g/mol. The first-order valence-corrected chi connectivity index (χ1v) is 12.8. The fourth-order valence-electron chi connectivity index (χ4n) is 6.70. The first-order valence-electron chi connectivity index (χ1n) is 12.8. The Bertz CT molecular complexity index is 1330. The van der Waals surface area contributed by atoms with E-state index in [1.165, 1.54) is 11.2 Å². The molecule has 3 aromatic rings. The predicted molar refractivity (Wildman–Crippen MR) is 140 cm³/mol. The number of ketones is 1. The first-order chi connectivity index (χ1) is 17.0. The normalized spacial score (nSPS) is 22.3. The minimum atomic E-state index is -0.252. The van der Waals surface area contributed by atoms with Gasteiger partial charge in [0.1, 0.15) is 7.85 Å². The van der Waals surface area contributed by atoms with Crippen molar-refractivity contribution in [1.29, 1.82) is 0 Å². The quantitative estimate of drug-likeness (QED) is 0.432. The average Bonchev–Trinajstić information content (AvgIpc) is 3.22. The Morgan fingerprint density at radius 1 is 1.03 bits per heavy atom. The number of hydrogen-bond donors (Lipinski definition) is 2. The summed E-state index contributed by atoms with van der Waals surface area (Å²) < 4.78 is 11.2. The highest BCUT2D eigenvalue weighted by atomic mass is 16.5. The topological polar surface area (TPSA) is 83.8 Å². The summed E-state index contributed by atoms with van der Waals surface area (Å²) in [6, 6.07) is 10.9. The number of carbonyl (C=O) groups excluding carboxylic acids is 1. The molecule has 0 atom stereocenters. The van der Waals surface area contributed by atoms with Gasteiger partial charge in [-0.2, -0.15) is 0 Å². The summed E-state index contributed by atoms with van der Waals surface area (Å²) in [6.07, 6.45) is 1.72. The fourth-order valence-corrected chi connectivity index (χ4v) is 6.70. The van der Waals surface area contributed by atoms with Crippen LogP contribution in [-0.4, -0.2) is 82.2 Å². The van der Waals surface area contributed by atoms with E-state index in [0.29, 0.717) is 24.9 Å². The van der Waals surface area contributed by atoms with Crippen molar-refractivity contribution >= 4 is 41.4 Å². The minimum Gasteiger partial charge on any atom is -0.399 e. The predicted octanol–water partition coefficient (Wildman–Crippen LogP) is 1.17. The number of ether oxygens (including phenoxy) is 2. The Kier molecular flexibility index (Phi) is 4.82. The molecule has 8 heteroatoms. The monoisotopic (exact) mass is 470 g/mol. The zero-order valence-electron chi connectivity index (χ0n) is 20.2. The zero-order valence-corrected chi connectivity index (χ0v) is 20.2. The first kappa shape index (κ1) is 21.5. The van der Waals surface area contributed by atoms with Gasteiger partial charge in [-0.15, -0.1) is 0 Å². The van der Waals surface area contributed by atoms with Crippen molar-refractivity contribution in [3.05, 3.63) is 52.7 Å². The van der Waals surface area contributed by atoms with E-state index >= 15 is 0 Å². The summed E-state index contributed by atoms with van der Waals surface area (Å²) >= 11 is 0. The van der Waals surface area contributed by atoms with Crippen LogP contribution in [0.25, 0.3) is 10.9 Å². The molecule has 35 heavy (non-hydrogen) atoms. The second-order valence-corrected chi connectivity index (χ2v) is 10.6. The van der Waals surface area contributed by atoms with Crippen molar-refractivity contribution < 1.29 is 14.3 Å². The van der Waals surface area contributed by atoms with Crippen LogP contribution < -0.4 is 16.1 Å². The maximum absolute atomic E-state index is 14.0. The van der Waals surface area contributed by atoms with Crippen molar-refractivity contribution in [1.82, 2.24) is 9.88 Å². The maximum atomic E-state index is 14.0. The van der Waals surface area contributed by atoms with Crippen LogP contribution in [0.4, 0.5) is 11.4 Å². The van der Waals surface area contributed by atoms with Crippen LogP contribution in [-0.2, 0) is 14.9 Å². The van der Waals surface area contributed by atoms with Gasteiger partial charge in [0.25, 0.3) is 0 Å². The minimum absolute atomic E-state index is 0.118. The molecule has 180 valence electrons. The van der Waals surface area contributed by atoms with Crippen LogP contribution in [0.3, 0.4) is 0 Å². The van der Waals surface area contributed by atoms with Crippen molar-refractivity contribution in [2.45, 2.75) is 24.3 Å². The second kappa shape index (κ2) is 7.85. The molecule has 4 heterocycles. The molecule has 4 aliphatic rings. The van der Waals surface area contributed by atoms with Gasteiger partial charge in [0.2, 0.25) is 0 Å². The highest BCUT2D eigenvalue weighted by molar-refractivity contribution is 6.37. The Labute approximate surface area is 206 Å². The number of nitrogens with one attached hydrogen (secondary N) is 1. The van der Waals surface area contributed by atoms with Crippen molar-refractivity contribution in [3.63, 3.8) is 0 Å². The lowest BCUT2D eigenvalue weighted by Gasteiger charge is -2.45. The van der Waals surface area contributed by atoms with Gasteiger partial charge in [-0.1, -0.05) is 17.6 Å². The SMILES string of the molecule is Bc1cc2c(cc1N1CCN(C3COC3)CC1)C1(CCOCC1)c1[nH]c3cc(N)ccc3c1C2=O. The van der Waals surface area contributed by atoms with Gasteiger partial charge in [0.15, 0.2) is 5.78 Å². The molecule has 7 rings (SSSR count). The molecule has 0 saturated carbocycles. The summed E-state index contributed by atoms with van der Waals surface area (Å²) in [7, 11) is 2.15. The number of fused-ring (bicyclic) bond motifs is 6. The highest BCUT2D eigenvalue weighted by Gasteiger charge is 2.47. The molecule has 7 nitrogen and oxygen atoms in total. The lowest BCUT2D eigenvalue weighted by molar-refractivity contribution is -0.0660. The standard InChI is InChI=1S/C27H31BN4O3/c28-21-12-19-20(13-23(21)32-7-5-31(6-8-32)17-14-35-15-17)27(3-9-34-10-4-27)26-24(25(19)33)18-2-1-16(29)11-22(18)30-26/h1-2,11-13,17,30H,3-10,14-15,28-29H2. The van der Waals surface area contributed by atoms with Gasteiger partial charge in [-0.3, -0.25) is 9.69 Å². The second-order valence-electron chi connectivity index (χ2n) is 10.6. The number of hydrogen-bond acceptors (Lipinski definition) is 6. The summed E-state index contributed by atoms with van der Waals surface area (Å²) in [6.45, 7) is 7.21. The van der Waals surface area contributed by atoms with Crippen molar-refractivity contribution in [3.8, 4) is 0 Å². The number of benzene rings is 2. The van der Waals surface area contributed by atoms with Gasteiger partial charge in [-0.25, -0.2) is 0 Å². The van der Waals surface area contributed by atoms with E-state index < -0.39 is 0 Å². The Morgan fingerprint density at radius 3 is 2.51 bits per heavy atom. The van der Waals surface area contributed by atoms with Gasteiger partial charge < -0.3 is 25.1 Å². The molecule has 3 fully saturated rings. The number of rotatable bonds is 2. The van der Waals surface area contributed by atoms with Gasteiger partial charge in [-0.05, 0) is 36.6 Å². The Morgan fingerprint density at radius 2 is 1.80 bits per heavy atom. The molecule has 3 aliphatic heterocycles. The van der Waals surface area contributed by atoms with Crippen LogP contribution in [0.1, 0.15) is 40.0 Å². The molecule has 0 unspecified atom stereocenters. The van der Waals surface area contributed by atoms with Crippen LogP contribution in [0.2, 0.25) is 0 Å². The molecule has 3 saturated heterocycles. The zero-order chi connectivity index (χ0) is 23.7. The highest BCUT2D eigenvalue weighted by Crippen LogP contribution is 2.50. The van der Waals surface area contributed by atoms with Gasteiger partial charge in [0, 0.05) is 78.3 Å². The number of aromatic amines is 1. The molecule has 0 radical (unpaired) electrons. The molecule has 0 amide bonds. The van der Waals surface area contributed by atoms with E-state index in [9.17, 15) is 4.79 Å². The van der Waals surface area contributed by atoms with E-state index in [2.05, 4.69) is 34.8 Å². The lowest BCUT2D eigenvalue weighted by atomic mass is 9.64. The smallest absolute Gasteiger partial charge is 0.195 e. The number of carbonyl (C=O) groups is 1. The molecule has 3 N–H and O–H groups in total. The number of piperazine rings is 1. The summed E-state index contributed by atoms with van der Waals surface area (Å²) in [5, 5.41) is 0.966. The molecule has 2 aromatic carbocycles. The summed E-state index contributed by atoms with van der Waals surface area (Å²) in [5.74, 6) is 0.118. The summed E-state index contributed by atoms with van der Waals surface area (Å²) in [4.78, 5) is 22.7. The number of nitrogen functional groups attached to an aromatic ring is 1. The third-order valence-corrected chi connectivity index (χ3v) is 8.76. The van der Waals surface area contributed by atoms with Crippen LogP contribution in [0.5, 0.6) is 0 Å². The number of nitrogens with zero attached hydrogens (tertiary/aromatic N) is 2.